The molecule has 0 unspecified atom stereocenters. The zero-order valence-corrected chi connectivity index (χ0v) is 53.0. The first-order valence-corrected chi connectivity index (χ1v) is 31.7. The van der Waals surface area contributed by atoms with Crippen molar-refractivity contribution in [3.05, 3.63) is 219 Å². The van der Waals surface area contributed by atoms with Crippen LogP contribution in [0.25, 0.3) is 42.4 Å². The Morgan fingerprint density at radius 3 is 1.05 bits per heavy atom. The van der Waals surface area contributed by atoms with Gasteiger partial charge in [0.25, 0.3) is 0 Å². The van der Waals surface area contributed by atoms with Crippen molar-refractivity contribution in [2.75, 3.05) is 0 Å². The largest absolute Gasteiger partial charge is 0.128 e. The monoisotopic (exact) mass is 1180 g/mol. The Hall–Kier alpha value is -4.58. The van der Waals surface area contributed by atoms with Crippen molar-refractivity contribution in [3.8, 4) is 20.9 Å². The smallest absolute Gasteiger partial charge is 0.0722 e. The molecular formula is C73H78Br2S2. The lowest BCUT2D eigenvalue weighted by molar-refractivity contribution is 0.588. The van der Waals surface area contributed by atoms with Gasteiger partial charge in [-0.15, -0.1) is 22.7 Å². The normalized spacial score (nSPS) is 14.8. The van der Waals surface area contributed by atoms with Gasteiger partial charge < -0.3 is 0 Å². The van der Waals surface area contributed by atoms with Crippen molar-refractivity contribution in [1.29, 1.82) is 0 Å². The van der Waals surface area contributed by atoms with Crippen molar-refractivity contribution < 1.29 is 0 Å². The molecule has 0 amide bonds. The van der Waals surface area contributed by atoms with E-state index in [0.29, 0.717) is 0 Å². The van der Waals surface area contributed by atoms with E-state index >= 15 is 0 Å². The second-order valence-corrected chi connectivity index (χ2v) is 31.8. The van der Waals surface area contributed by atoms with E-state index in [0.717, 1.165) is 6.42 Å². The molecule has 0 radical (unpaired) electrons. The molecular weight excluding hydrogens is 1100 g/mol. The number of fused-ring (bicyclic) bond motifs is 9. The lowest BCUT2D eigenvalue weighted by atomic mass is 9.66. The third-order valence-electron chi connectivity index (χ3n) is 17.8. The van der Waals surface area contributed by atoms with E-state index in [1.165, 1.54) is 166 Å². The molecule has 0 saturated carbocycles. The predicted octanol–water partition coefficient (Wildman–Crippen LogP) is 22.8. The molecule has 77 heavy (non-hydrogen) atoms. The Bertz CT molecular complexity index is 3590. The van der Waals surface area contributed by atoms with Crippen molar-refractivity contribution >= 4 is 76.1 Å². The zero-order chi connectivity index (χ0) is 54.8. The van der Waals surface area contributed by atoms with Gasteiger partial charge in [-0.1, -0.05) is 219 Å². The summed E-state index contributed by atoms with van der Waals surface area (Å²) in [6.07, 6.45) is 8.70. The molecule has 0 nitrogen and oxygen atoms in total. The third kappa shape index (κ3) is 9.01. The maximum Gasteiger partial charge on any atom is 0.0722 e. The van der Waals surface area contributed by atoms with Crippen molar-refractivity contribution in [1.82, 2.24) is 0 Å². The van der Waals surface area contributed by atoms with Crippen LogP contribution in [0.15, 0.2) is 141 Å². The third-order valence-corrected chi connectivity index (χ3v) is 21.2. The first-order chi connectivity index (χ1) is 36.4. The van der Waals surface area contributed by atoms with Crippen LogP contribution in [0.3, 0.4) is 0 Å². The van der Waals surface area contributed by atoms with E-state index in [-0.39, 0.29) is 21.7 Å². The fourth-order valence-corrected chi connectivity index (χ4v) is 16.8. The first-order valence-electron chi connectivity index (χ1n) is 28.5. The average molecular weight is 1180 g/mol. The summed E-state index contributed by atoms with van der Waals surface area (Å²) in [5.41, 5.74) is 20.8. The van der Waals surface area contributed by atoms with Crippen LogP contribution in [0.5, 0.6) is 0 Å². The lowest BCUT2D eigenvalue weighted by Crippen LogP contribution is -2.29. The van der Waals surface area contributed by atoms with Crippen molar-refractivity contribution in [3.63, 3.8) is 0 Å². The Kier molecular flexibility index (Phi) is 13.8. The Morgan fingerprint density at radius 2 is 0.701 bits per heavy atom. The molecule has 0 fully saturated rings. The summed E-state index contributed by atoms with van der Waals surface area (Å²) >= 11 is 12.0. The van der Waals surface area contributed by atoms with Crippen LogP contribution >= 0.6 is 54.5 Å². The summed E-state index contributed by atoms with van der Waals surface area (Å²) < 4.78 is 2.35. The van der Waals surface area contributed by atoms with E-state index in [1.807, 2.05) is 22.7 Å². The van der Waals surface area contributed by atoms with Gasteiger partial charge in [0.15, 0.2) is 0 Å². The van der Waals surface area contributed by atoms with Crippen LogP contribution in [-0.2, 0) is 38.9 Å². The summed E-state index contributed by atoms with van der Waals surface area (Å²) in [5.74, 6) is 0. The highest BCUT2D eigenvalue weighted by molar-refractivity contribution is 9.11. The van der Waals surface area contributed by atoms with Crippen LogP contribution in [-0.4, -0.2) is 0 Å². The van der Waals surface area contributed by atoms with Gasteiger partial charge >= 0.3 is 0 Å². The van der Waals surface area contributed by atoms with Gasteiger partial charge in [-0.25, -0.2) is 0 Å². The highest BCUT2D eigenvalue weighted by Gasteiger charge is 2.50. The van der Waals surface area contributed by atoms with Gasteiger partial charge in [0.05, 0.1) is 18.4 Å². The van der Waals surface area contributed by atoms with Crippen molar-refractivity contribution in [2.24, 2.45) is 0 Å². The van der Waals surface area contributed by atoms with Gasteiger partial charge in [0.1, 0.15) is 0 Å². The number of aryl methyl sites for hydroxylation is 2. The van der Waals surface area contributed by atoms with Gasteiger partial charge in [0, 0.05) is 9.75 Å². The standard InChI is InChI=1S/C73H78Br2S2/c1-15-16-17-18-19-20-21-53-44(2)54-38-58-60(72(62-42-64(74)76-66(58)62,49-30-22-45(23-31-49)68(3,4)5)50-32-24-46(25-33-50)69(6,7)8)40-56(54)57-41-61-59(39-55(53)57)67-63(43-65(75)77-67)73(61,51-34-26-47(27-35-51)70(9,10)11)52-36-28-48(29-37-52)71(12,13)14/h22-43H,15-21H2,1-14H3. The highest BCUT2D eigenvalue weighted by Crippen LogP contribution is 2.63. The minimum atomic E-state index is -0.550. The van der Waals surface area contributed by atoms with Gasteiger partial charge in [0.2, 0.25) is 0 Å². The zero-order valence-electron chi connectivity index (χ0n) is 48.2. The van der Waals surface area contributed by atoms with Crippen LogP contribution in [0, 0.1) is 6.92 Å². The molecule has 0 bridgehead atoms. The Balaban J connectivity index is 1.26. The van der Waals surface area contributed by atoms with E-state index in [1.54, 1.807) is 0 Å². The maximum atomic E-state index is 4.08. The van der Waals surface area contributed by atoms with Gasteiger partial charge in [-0.2, -0.15) is 0 Å². The first kappa shape index (κ1) is 54.4. The Labute approximate surface area is 486 Å². The lowest BCUT2D eigenvalue weighted by Gasteiger charge is -2.35. The quantitative estimate of drug-likeness (QED) is 0.0894. The molecule has 2 heterocycles. The van der Waals surface area contributed by atoms with Crippen LogP contribution < -0.4 is 0 Å². The van der Waals surface area contributed by atoms with Crippen LogP contribution in [0.2, 0.25) is 0 Å². The Morgan fingerprint density at radius 1 is 0.377 bits per heavy atom. The predicted molar refractivity (Wildman–Crippen MR) is 344 cm³/mol. The SMILES string of the molecule is CCCCCCCCc1c(C)c2cc3c(cc2c2cc4c(cc12)-c1sc(Br)cc1C4(c1ccc(C(C)(C)C)cc1)c1ccc(C(C)(C)C)cc1)C(c1ccc(C(C)(C)C)cc1)(c1ccc(C(C)(C)C)cc1)c1cc(Br)sc1-3. The number of thiophene rings is 2. The number of benzene rings is 7. The molecule has 0 aliphatic heterocycles. The molecule has 11 rings (SSSR count). The molecule has 0 spiro atoms. The van der Waals surface area contributed by atoms with Gasteiger partial charge in [-0.05, 0) is 220 Å². The molecule has 0 atom stereocenters. The van der Waals surface area contributed by atoms with Gasteiger partial charge in [-0.3, -0.25) is 0 Å². The van der Waals surface area contributed by atoms with E-state index in [2.05, 4.69) is 262 Å². The van der Waals surface area contributed by atoms with E-state index in [9.17, 15) is 0 Å². The molecule has 2 aromatic heterocycles. The number of halogens is 2. The molecule has 7 aromatic carbocycles. The number of unbranched alkanes of at least 4 members (excludes halogenated alkanes) is 5. The molecule has 0 saturated heterocycles. The maximum absolute atomic E-state index is 4.08. The summed E-state index contributed by atoms with van der Waals surface area (Å²) in [7, 11) is 0. The molecule has 2 aliphatic carbocycles. The number of hydrogen-bond donors (Lipinski definition) is 0. The van der Waals surface area contributed by atoms with Crippen LogP contribution in [0.1, 0.15) is 206 Å². The summed E-state index contributed by atoms with van der Waals surface area (Å²) in [6, 6.07) is 54.4. The fourth-order valence-electron chi connectivity index (χ4n) is 13.4. The minimum absolute atomic E-state index is 0.0295. The summed E-state index contributed by atoms with van der Waals surface area (Å²) in [6.45, 7) is 32.7. The second kappa shape index (κ2) is 19.6. The second-order valence-electron chi connectivity index (χ2n) is 26.9. The van der Waals surface area contributed by atoms with Crippen LogP contribution in [0.4, 0.5) is 0 Å². The number of hydrogen-bond acceptors (Lipinski definition) is 2. The molecule has 396 valence electrons. The number of rotatable bonds is 11. The topological polar surface area (TPSA) is 0 Å². The summed E-state index contributed by atoms with van der Waals surface area (Å²) in [5, 5.41) is 5.49. The molecule has 4 heteroatoms. The van der Waals surface area contributed by atoms with Crippen molar-refractivity contribution in [2.45, 2.75) is 174 Å². The fraction of sp³-hybridized carbons (Fsp3) is 0.370. The molecule has 9 aromatic rings. The summed E-state index contributed by atoms with van der Waals surface area (Å²) in [4.78, 5) is 2.74. The van der Waals surface area contributed by atoms with E-state index < -0.39 is 10.8 Å². The molecule has 2 aliphatic rings. The average Bonchev–Trinajstić information content (AvgIpc) is 4.29. The minimum Gasteiger partial charge on any atom is -0.128 e. The van der Waals surface area contributed by atoms with E-state index in [4.69, 9.17) is 0 Å². The molecule has 0 N–H and O–H groups in total. The highest BCUT2D eigenvalue weighted by atomic mass is 79.9.